The Labute approximate surface area is 79.0 Å². The first-order chi connectivity index (χ1) is 6.18. The number of fused-ring (bicyclic) bond motifs is 1. The van der Waals surface area contributed by atoms with Crippen LogP contribution in [0.1, 0.15) is 0 Å². The summed E-state index contributed by atoms with van der Waals surface area (Å²) >= 11 is 4.95. The van der Waals surface area contributed by atoms with Gasteiger partial charge in [-0.15, -0.1) is 0 Å². The van der Waals surface area contributed by atoms with E-state index in [1.54, 1.807) is 6.08 Å². The van der Waals surface area contributed by atoms with E-state index in [4.69, 9.17) is 12.2 Å². The lowest BCUT2D eigenvalue weighted by Gasteiger charge is -2.06. The van der Waals surface area contributed by atoms with Crippen LogP contribution in [-0.4, -0.2) is 15.6 Å². The highest BCUT2D eigenvalue weighted by Gasteiger charge is 2.28. The van der Waals surface area contributed by atoms with Crippen molar-refractivity contribution in [3.8, 4) is 0 Å². The van der Waals surface area contributed by atoms with E-state index in [0.717, 1.165) is 0 Å². The summed E-state index contributed by atoms with van der Waals surface area (Å²) in [5.41, 5.74) is 3.28. The quantitative estimate of drug-likeness (QED) is 0.378. The van der Waals surface area contributed by atoms with Crippen molar-refractivity contribution >= 4 is 22.9 Å². The second kappa shape index (κ2) is 2.74. The van der Waals surface area contributed by atoms with Gasteiger partial charge in [0.1, 0.15) is 4.99 Å². The Morgan fingerprint density at radius 3 is 3.15 bits per heavy atom. The summed E-state index contributed by atoms with van der Waals surface area (Å²) in [5, 5.41) is 14.3. The minimum Gasteiger partial charge on any atom is -0.270 e. The molecule has 5 nitrogen and oxygen atoms in total. The smallest absolute Gasteiger partial charge is 0.270 e. The minimum absolute atomic E-state index is 0.0431. The van der Waals surface area contributed by atoms with Gasteiger partial charge in [0.15, 0.2) is 0 Å². The lowest BCUT2D eigenvalue weighted by atomic mass is 9.98. The van der Waals surface area contributed by atoms with Crippen LogP contribution in [-0.2, 0) is 0 Å². The lowest BCUT2D eigenvalue weighted by molar-refractivity contribution is -0.418. The van der Waals surface area contributed by atoms with E-state index in [0.29, 0.717) is 10.7 Å². The van der Waals surface area contributed by atoms with Crippen molar-refractivity contribution in [2.24, 2.45) is 11.0 Å². The number of rotatable bonds is 1. The van der Waals surface area contributed by atoms with Crippen LogP contribution in [0.5, 0.6) is 0 Å². The highest BCUT2D eigenvalue weighted by molar-refractivity contribution is 7.80. The van der Waals surface area contributed by atoms with Crippen LogP contribution >= 0.6 is 12.2 Å². The van der Waals surface area contributed by atoms with E-state index in [-0.39, 0.29) is 11.6 Å². The van der Waals surface area contributed by atoms with Crippen LogP contribution < -0.4 is 5.43 Å². The largest absolute Gasteiger partial charge is 0.271 e. The zero-order chi connectivity index (χ0) is 9.42. The van der Waals surface area contributed by atoms with E-state index >= 15 is 0 Å². The molecular weight excluding hydrogens is 190 g/mol. The summed E-state index contributed by atoms with van der Waals surface area (Å²) in [6, 6.07) is 0. The number of nitrogens with one attached hydrogen (secondary N) is 1. The molecule has 0 fully saturated rings. The number of nitrogens with zero attached hydrogens (tertiary/aromatic N) is 2. The van der Waals surface area contributed by atoms with E-state index in [1.165, 1.54) is 12.2 Å². The molecule has 1 heterocycles. The molecule has 0 aromatic carbocycles. The van der Waals surface area contributed by atoms with Crippen molar-refractivity contribution < 1.29 is 4.92 Å². The molecule has 66 valence electrons. The van der Waals surface area contributed by atoms with Gasteiger partial charge in [-0.05, 0) is 0 Å². The van der Waals surface area contributed by atoms with E-state index in [9.17, 15) is 10.1 Å². The van der Waals surface area contributed by atoms with Gasteiger partial charge in [0.25, 0.3) is 5.70 Å². The summed E-state index contributed by atoms with van der Waals surface area (Å²) in [5.74, 6) is -0.0845. The summed E-state index contributed by atoms with van der Waals surface area (Å²) < 4.78 is 0. The number of hydrogen-bond donors (Lipinski definition) is 1. The molecule has 1 aliphatic heterocycles. The average molecular weight is 195 g/mol. The zero-order valence-corrected chi connectivity index (χ0v) is 7.25. The monoisotopic (exact) mass is 195 g/mol. The maximum Gasteiger partial charge on any atom is 0.271 e. The lowest BCUT2D eigenvalue weighted by Crippen LogP contribution is -2.20. The number of thiocarbonyl (C=S) groups is 1. The fourth-order valence-corrected chi connectivity index (χ4v) is 1.45. The van der Waals surface area contributed by atoms with Crippen molar-refractivity contribution in [3.63, 3.8) is 0 Å². The molecule has 1 N–H and O–H groups in total. The Balaban J connectivity index is 2.35. The second-order valence-electron chi connectivity index (χ2n) is 2.68. The first-order valence-corrected chi connectivity index (χ1v) is 4.01. The Bertz CT molecular complexity index is 383. The molecule has 6 heteroatoms. The molecule has 0 aromatic heterocycles. The molecule has 0 saturated carbocycles. The molecule has 2 aliphatic rings. The minimum atomic E-state index is -0.448. The maximum atomic E-state index is 10.4. The molecule has 1 atom stereocenters. The fraction of sp³-hybridized carbons (Fsp3) is 0.143. The van der Waals surface area contributed by atoms with Gasteiger partial charge < -0.3 is 0 Å². The van der Waals surface area contributed by atoms with Crippen LogP contribution in [0.3, 0.4) is 0 Å². The van der Waals surface area contributed by atoms with Gasteiger partial charge in [-0.25, -0.2) is 0 Å². The SMILES string of the molecule is O=[N+]([O-])C1=CC2=NNC(=S)C2C=C1. The van der Waals surface area contributed by atoms with Crippen molar-refractivity contribution in [1.82, 2.24) is 5.43 Å². The van der Waals surface area contributed by atoms with E-state index in [1.807, 2.05) is 0 Å². The van der Waals surface area contributed by atoms with E-state index in [2.05, 4.69) is 10.5 Å². The highest BCUT2D eigenvalue weighted by atomic mass is 32.1. The number of nitro groups is 1. The van der Waals surface area contributed by atoms with Gasteiger partial charge in [-0.1, -0.05) is 18.3 Å². The normalized spacial score (nSPS) is 24.6. The standard InChI is InChI=1S/C7H5N3O2S/c11-10(12)4-1-2-5-6(3-4)8-9-7(5)13/h1-3,5H,(H,9,13). The predicted octanol–water partition coefficient (Wildman–Crippen LogP) is 0.620. The Morgan fingerprint density at radius 1 is 1.69 bits per heavy atom. The van der Waals surface area contributed by atoms with Crippen LogP contribution in [0.2, 0.25) is 0 Å². The first-order valence-electron chi connectivity index (χ1n) is 3.60. The second-order valence-corrected chi connectivity index (χ2v) is 3.12. The van der Waals surface area contributed by atoms with Crippen molar-refractivity contribution in [3.05, 3.63) is 34.0 Å². The summed E-state index contributed by atoms with van der Waals surface area (Å²) in [4.78, 5) is 10.5. The third-order valence-corrected chi connectivity index (χ3v) is 2.21. The van der Waals surface area contributed by atoms with Gasteiger partial charge in [-0.3, -0.25) is 15.5 Å². The van der Waals surface area contributed by atoms with Gasteiger partial charge in [-0.2, -0.15) is 5.10 Å². The van der Waals surface area contributed by atoms with Crippen LogP contribution in [0, 0.1) is 16.0 Å². The Kier molecular flexibility index (Phi) is 1.70. The third kappa shape index (κ3) is 1.25. The summed E-state index contributed by atoms with van der Waals surface area (Å²) in [6.45, 7) is 0. The summed E-state index contributed by atoms with van der Waals surface area (Å²) in [7, 11) is 0. The zero-order valence-electron chi connectivity index (χ0n) is 6.43. The van der Waals surface area contributed by atoms with Gasteiger partial charge >= 0.3 is 0 Å². The molecule has 13 heavy (non-hydrogen) atoms. The van der Waals surface area contributed by atoms with Gasteiger partial charge in [0.2, 0.25) is 0 Å². The van der Waals surface area contributed by atoms with E-state index < -0.39 is 4.92 Å². The van der Waals surface area contributed by atoms with Crippen LogP contribution in [0.25, 0.3) is 0 Å². The fourth-order valence-electron chi connectivity index (χ4n) is 1.21. The molecule has 0 aromatic rings. The average Bonchev–Trinajstić information content (AvgIpc) is 2.47. The topological polar surface area (TPSA) is 67.5 Å². The Hall–Kier alpha value is -1.56. The number of hydrogen-bond acceptors (Lipinski definition) is 4. The third-order valence-electron chi connectivity index (χ3n) is 1.86. The summed E-state index contributed by atoms with van der Waals surface area (Å²) in [6.07, 6.45) is 4.55. The molecule has 1 aliphatic carbocycles. The molecule has 0 saturated heterocycles. The van der Waals surface area contributed by atoms with Crippen LogP contribution in [0.4, 0.5) is 0 Å². The molecule has 0 amide bonds. The number of allylic oxidation sites excluding steroid dienone is 2. The Morgan fingerprint density at radius 2 is 2.46 bits per heavy atom. The predicted molar refractivity (Wildman–Crippen MR) is 50.9 cm³/mol. The highest BCUT2D eigenvalue weighted by Crippen LogP contribution is 2.19. The number of hydrazone groups is 1. The van der Waals surface area contributed by atoms with Gasteiger partial charge in [0, 0.05) is 12.2 Å². The molecule has 1 unspecified atom stereocenters. The molecule has 2 rings (SSSR count). The molecular formula is C7H5N3O2S. The van der Waals surface area contributed by atoms with Crippen molar-refractivity contribution in [1.29, 1.82) is 0 Å². The molecule has 0 bridgehead atoms. The van der Waals surface area contributed by atoms with Crippen molar-refractivity contribution in [2.75, 3.05) is 0 Å². The van der Waals surface area contributed by atoms with Crippen LogP contribution in [0.15, 0.2) is 29.0 Å². The first kappa shape index (κ1) is 8.06. The maximum absolute atomic E-state index is 10.4. The molecule has 0 radical (unpaired) electrons. The van der Waals surface area contributed by atoms with Gasteiger partial charge in [0.05, 0.1) is 16.6 Å². The van der Waals surface area contributed by atoms with Crippen molar-refractivity contribution in [2.45, 2.75) is 0 Å². The molecule has 0 spiro atoms.